The molecule has 0 aliphatic carbocycles. The van der Waals surface area contributed by atoms with Gasteiger partial charge in [0, 0.05) is 19.3 Å². The van der Waals surface area contributed by atoms with Crippen molar-refractivity contribution in [1.82, 2.24) is 19.7 Å². The maximum Gasteiger partial charge on any atom is 0.339 e. The standard InChI is InChI=1S/C11H13N5O2S/c1-6(12)7-3-4-13-8(5-7)19-11-14-9(17)10(18)15-16(11)2/h3-6H,12H2,1-2H3,(H,15,18)/t6-/m1/s1. The van der Waals surface area contributed by atoms with Gasteiger partial charge in [0.25, 0.3) is 0 Å². The minimum absolute atomic E-state index is 0.102. The van der Waals surface area contributed by atoms with Crippen molar-refractivity contribution in [2.45, 2.75) is 23.1 Å². The zero-order valence-corrected chi connectivity index (χ0v) is 11.3. The van der Waals surface area contributed by atoms with Crippen LogP contribution in [0.15, 0.2) is 38.1 Å². The Balaban J connectivity index is 2.36. The Bertz CT molecular complexity index is 707. The summed E-state index contributed by atoms with van der Waals surface area (Å²) in [6.07, 6.45) is 1.64. The normalized spacial score (nSPS) is 12.4. The van der Waals surface area contributed by atoms with Crippen LogP contribution in [-0.2, 0) is 7.05 Å². The van der Waals surface area contributed by atoms with Crippen LogP contribution in [0.5, 0.6) is 0 Å². The van der Waals surface area contributed by atoms with E-state index >= 15 is 0 Å². The van der Waals surface area contributed by atoms with Crippen LogP contribution >= 0.6 is 11.8 Å². The molecule has 100 valence electrons. The van der Waals surface area contributed by atoms with Gasteiger partial charge in [0.2, 0.25) is 0 Å². The molecular formula is C11H13N5O2S. The molecule has 0 radical (unpaired) electrons. The summed E-state index contributed by atoms with van der Waals surface area (Å²) in [5.74, 6) is 0. The van der Waals surface area contributed by atoms with E-state index in [-0.39, 0.29) is 6.04 Å². The molecule has 2 aromatic heterocycles. The van der Waals surface area contributed by atoms with Crippen LogP contribution in [0.4, 0.5) is 0 Å². The Kier molecular flexibility index (Phi) is 3.82. The highest BCUT2D eigenvalue weighted by Gasteiger charge is 2.08. The third kappa shape index (κ3) is 3.09. The van der Waals surface area contributed by atoms with Gasteiger partial charge in [-0.05, 0) is 36.4 Å². The van der Waals surface area contributed by atoms with E-state index in [9.17, 15) is 9.59 Å². The summed E-state index contributed by atoms with van der Waals surface area (Å²) in [5, 5.41) is 3.39. The molecule has 0 unspecified atom stereocenters. The first kappa shape index (κ1) is 13.5. The molecule has 1 atom stereocenters. The number of aromatic nitrogens is 4. The van der Waals surface area contributed by atoms with Crippen LogP contribution in [0.2, 0.25) is 0 Å². The minimum atomic E-state index is -0.816. The maximum absolute atomic E-state index is 11.2. The smallest absolute Gasteiger partial charge is 0.324 e. The average molecular weight is 279 g/mol. The van der Waals surface area contributed by atoms with Gasteiger partial charge >= 0.3 is 11.1 Å². The number of aromatic amines is 1. The number of nitrogens with zero attached hydrogens (tertiary/aromatic N) is 3. The largest absolute Gasteiger partial charge is 0.339 e. The van der Waals surface area contributed by atoms with Crippen molar-refractivity contribution in [1.29, 1.82) is 0 Å². The number of hydrogen-bond donors (Lipinski definition) is 2. The van der Waals surface area contributed by atoms with Gasteiger partial charge in [0.1, 0.15) is 5.03 Å². The number of nitrogens with one attached hydrogen (secondary N) is 1. The van der Waals surface area contributed by atoms with Gasteiger partial charge in [-0.1, -0.05) is 0 Å². The number of aryl methyl sites for hydroxylation is 1. The number of pyridine rings is 1. The van der Waals surface area contributed by atoms with E-state index in [4.69, 9.17) is 5.73 Å². The molecule has 0 bridgehead atoms. The lowest BCUT2D eigenvalue weighted by atomic mass is 10.1. The summed E-state index contributed by atoms with van der Waals surface area (Å²) in [5.41, 5.74) is 5.17. The van der Waals surface area contributed by atoms with Crippen molar-refractivity contribution >= 4 is 11.8 Å². The van der Waals surface area contributed by atoms with Crippen LogP contribution in [0.3, 0.4) is 0 Å². The van der Waals surface area contributed by atoms with Crippen LogP contribution < -0.4 is 16.9 Å². The molecule has 0 saturated carbocycles. The predicted octanol–water partition coefficient (Wildman–Crippen LogP) is 0.0345. The summed E-state index contributed by atoms with van der Waals surface area (Å²) in [6.45, 7) is 1.87. The van der Waals surface area contributed by atoms with Gasteiger partial charge in [0.05, 0.1) is 0 Å². The van der Waals surface area contributed by atoms with E-state index in [1.807, 2.05) is 19.1 Å². The zero-order chi connectivity index (χ0) is 14.0. The summed E-state index contributed by atoms with van der Waals surface area (Å²) < 4.78 is 1.38. The van der Waals surface area contributed by atoms with E-state index in [1.54, 1.807) is 13.2 Å². The predicted molar refractivity (Wildman–Crippen MR) is 71.1 cm³/mol. The molecule has 0 spiro atoms. The van der Waals surface area contributed by atoms with E-state index in [2.05, 4.69) is 15.1 Å². The quantitative estimate of drug-likeness (QED) is 0.768. The third-order valence-electron chi connectivity index (χ3n) is 2.43. The second-order valence-corrected chi connectivity index (χ2v) is 5.01. The Hall–Kier alpha value is -1.93. The molecule has 0 amide bonds. The first-order valence-electron chi connectivity index (χ1n) is 5.54. The van der Waals surface area contributed by atoms with Crippen molar-refractivity contribution in [2.75, 3.05) is 0 Å². The maximum atomic E-state index is 11.2. The Morgan fingerprint density at radius 1 is 1.47 bits per heavy atom. The lowest BCUT2D eigenvalue weighted by Gasteiger charge is -2.08. The summed E-state index contributed by atoms with van der Waals surface area (Å²) >= 11 is 1.18. The topological polar surface area (TPSA) is 107 Å². The molecule has 8 heteroatoms. The first-order chi connectivity index (χ1) is 8.97. The Morgan fingerprint density at radius 2 is 2.21 bits per heavy atom. The second-order valence-electron chi connectivity index (χ2n) is 4.02. The molecule has 0 saturated heterocycles. The summed E-state index contributed by atoms with van der Waals surface area (Å²) in [7, 11) is 1.60. The highest BCUT2D eigenvalue weighted by atomic mass is 32.2. The number of rotatable bonds is 3. The van der Waals surface area contributed by atoms with Crippen LogP contribution in [0, 0.1) is 0 Å². The number of hydrogen-bond acceptors (Lipinski definition) is 6. The van der Waals surface area contributed by atoms with Crippen molar-refractivity contribution in [2.24, 2.45) is 12.8 Å². The lowest BCUT2D eigenvalue weighted by molar-refractivity contribution is 0.596. The van der Waals surface area contributed by atoms with E-state index < -0.39 is 11.1 Å². The average Bonchev–Trinajstić information content (AvgIpc) is 2.36. The van der Waals surface area contributed by atoms with Gasteiger partial charge in [-0.2, -0.15) is 4.98 Å². The summed E-state index contributed by atoms with van der Waals surface area (Å²) in [4.78, 5) is 30.2. The lowest BCUT2D eigenvalue weighted by Crippen LogP contribution is -2.33. The zero-order valence-electron chi connectivity index (χ0n) is 10.5. The summed E-state index contributed by atoms with van der Waals surface area (Å²) in [6, 6.07) is 3.55. The van der Waals surface area contributed by atoms with Gasteiger partial charge in [0.15, 0.2) is 5.16 Å². The molecule has 7 nitrogen and oxygen atoms in total. The van der Waals surface area contributed by atoms with Gasteiger partial charge < -0.3 is 5.73 Å². The van der Waals surface area contributed by atoms with Gasteiger partial charge in [-0.15, -0.1) is 0 Å². The fraction of sp³-hybridized carbons (Fsp3) is 0.273. The second kappa shape index (κ2) is 5.37. The van der Waals surface area contributed by atoms with Crippen LogP contribution in [-0.4, -0.2) is 19.7 Å². The monoisotopic (exact) mass is 279 g/mol. The van der Waals surface area contributed by atoms with Crippen molar-refractivity contribution in [3.8, 4) is 0 Å². The molecule has 0 aromatic carbocycles. The molecule has 0 aliphatic heterocycles. The first-order valence-corrected chi connectivity index (χ1v) is 6.36. The fourth-order valence-electron chi connectivity index (χ4n) is 1.41. The molecule has 0 aliphatic rings. The van der Waals surface area contributed by atoms with E-state index in [1.165, 1.54) is 16.4 Å². The molecular weight excluding hydrogens is 266 g/mol. The van der Waals surface area contributed by atoms with Gasteiger partial charge in [-0.3, -0.25) is 19.4 Å². The molecule has 0 fully saturated rings. The third-order valence-corrected chi connectivity index (χ3v) is 3.41. The molecule has 2 heterocycles. The van der Waals surface area contributed by atoms with Crippen molar-refractivity contribution in [3.05, 3.63) is 44.6 Å². The molecule has 2 rings (SSSR count). The van der Waals surface area contributed by atoms with Crippen LogP contribution in [0.1, 0.15) is 18.5 Å². The Labute approximate surface area is 112 Å². The van der Waals surface area contributed by atoms with Gasteiger partial charge in [-0.25, -0.2) is 4.98 Å². The molecule has 3 N–H and O–H groups in total. The fourth-order valence-corrected chi connectivity index (χ4v) is 2.22. The number of nitrogens with two attached hydrogens (primary N) is 1. The van der Waals surface area contributed by atoms with Crippen molar-refractivity contribution < 1.29 is 0 Å². The van der Waals surface area contributed by atoms with E-state index in [0.717, 1.165) is 5.56 Å². The van der Waals surface area contributed by atoms with Crippen LogP contribution in [0.25, 0.3) is 0 Å². The highest BCUT2D eigenvalue weighted by Crippen LogP contribution is 2.23. The minimum Gasteiger partial charge on any atom is -0.324 e. The molecule has 2 aromatic rings. The Morgan fingerprint density at radius 3 is 2.89 bits per heavy atom. The highest BCUT2D eigenvalue weighted by molar-refractivity contribution is 7.99. The van der Waals surface area contributed by atoms with Crippen molar-refractivity contribution in [3.63, 3.8) is 0 Å². The number of H-pyrrole nitrogens is 1. The SMILES string of the molecule is C[C@@H](N)c1ccnc(Sc2nc(=O)c(=O)[nH]n2C)c1. The molecule has 19 heavy (non-hydrogen) atoms. The van der Waals surface area contributed by atoms with E-state index in [0.29, 0.717) is 10.2 Å².